The summed E-state index contributed by atoms with van der Waals surface area (Å²) in [7, 11) is 0. The van der Waals surface area contributed by atoms with Gasteiger partial charge in [-0.25, -0.2) is 0 Å². The van der Waals surface area contributed by atoms with Crippen LogP contribution in [0.4, 0.5) is 5.69 Å². The van der Waals surface area contributed by atoms with E-state index in [0.717, 1.165) is 28.1 Å². The Morgan fingerprint density at radius 3 is 1.55 bits per heavy atom. The Morgan fingerprint density at radius 1 is 0.400 bits per heavy atom. The highest BCUT2D eigenvalue weighted by Gasteiger charge is 2.47. The summed E-state index contributed by atoms with van der Waals surface area (Å²) in [5.41, 5.74) is 20.4. The van der Waals surface area contributed by atoms with Gasteiger partial charge in [-0.1, -0.05) is 188 Å². The molecule has 10 rings (SSSR count). The van der Waals surface area contributed by atoms with Crippen LogP contribution in [0.1, 0.15) is 56.2 Å². The largest absolute Gasteiger partial charge is 0.360 e. The molecule has 0 aromatic heterocycles. The Kier molecular flexibility index (Phi) is 7.92. The molecule has 1 atom stereocenters. The molecular formula is C53H40N2. The van der Waals surface area contributed by atoms with Crippen LogP contribution in [0.15, 0.2) is 199 Å². The van der Waals surface area contributed by atoms with Crippen LogP contribution in [-0.2, 0) is 5.41 Å². The summed E-state index contributed by atoms with van der Waals surface area (Å²) in [4.78, 5) is 5.25. The SMILES string of the molecule is Cc1ccccc1C1(c2ccc(-c3ccccc3-c3ccc(C4=NC(c5ccccc5)Nc5ccccc54)cc3)cc2C)c2ccccc2-c2ccccc21. The number of aryl methyl sites for hydroxylation is 2. The van der Waals surface area contributed by atoms with Gasteiger partial charge in [0, 0.05) is 16.8 Å². The van der Waals surface area contributed by atoms with E-state index in [9.17, 15) is 0 Å². The second-order valence-electron chi connectivity index (χ2n) is 14.8. The minimum atomic E-state index is -0.425. The van der Waals surface area contributed by atoms with Gasteiger partial charge in [0.25, 0.3) is 0 Å². The van der Waals surface area contributed by atoms with Gasteiger partial charge < -0.3 is 5.32 Å². The van der Waals surface area contributed by atoms with Crippen LogP contribution in [0.5, 0.6) is 0 Å². The normalized spacial score (nSPS) is 14.9. The number of nitrogens with one attached hydrogen (secondary N) is 1. The third-order valence-electron chi connectivity index (χ3n) is 11.7. The van der Waals surface area contributed by atoms with Crippen molar-refractivity contribution in [3.63, 3.8) is 0 Å². The molecule has 8 aromatic carbocycles. The lowest BCUT2D eigenvalue weighted by molar-refractivity contribution is 0.754. The molecule has 55 heavy (non-hydrogen) atoms. The zero-order chi connectivity index (χ0) is 36.9. The van der Waals surface area contributed by atoms with Crippen LogP contribution in [0, 0.1) is 13.8 Å². The Hall–Kier alpha value is -6.77. The van der Waals surface area contributed by atoms with Crippen LogP contribution in [-0.4, -0.2) is 5.71 Å². The molecule has 0 bridgehead atoms. The second-order valence-corrected chi connectivity index (χ2v) is 14.8. The fraction of sp³-hybridized carbons (Fsp3) is 0.0755. The topological polar surface area (TPSA) is 24.4 Å². The number of hydrogen-bond acceptors (Lipinski definition) is 2. The van der Waals surface area contributed by atoms with E-state index in [1.54, 1.807) is 0 Å². The maximum atomic E-state index is 5.25. The summed E-state index contributed by atoms with van der Waals surface area (Å²) in [6.45, 7) is 4.55. The number of rotatable bonds is 6. The summed E-state index contributed by atoms with van der Waals surface area (Å²) >= 11 is 0. The third kappa shape index (κ3) is 5.28. The summed E-state index contributed by atoms with van der Waals surface area (Å²) in [6, 6.07) is 70.7. The number of fused-ring (bicyclic) bond motifs is 4. The van der Waals surface area contributed by atoms with Gasteiger partial charge in [0.1, 0.15) is 6.17 Å². The second kappa shape index (κ2) is 13.3. The number of para-hydroxylation sites is 1. The molecule has 0 amide bonds. The van der Waals surface area contributed by atoms with Crippen molar-refractivity contribution in [2.24, 2.45) is 4.99 Å². The molecule has 1 aliphatic carbocycles. The molecule has 0 fully saturated rings. The molecule has 0 saturated heterocycles. The molecule has 1 N–H and O–H groups in total. The van der Waals surface area contributed by atoms with Gasteiger partial charge in [0.05, 0.1) is 11.1 Å². The molecule has 2 nitrogen and oxygen atoms in total. The van der Waals surface area contributed by atoms with Crippen molar-refractivity contribution in [2.45, 2.75) is 25.4 Å². The number of nitrogens with zero attached hydrogens (tertiary/aromatic N) is 1. The average Bonchev–Trinajstić information content (AvgIpc) is 3.54. The Labute approximate surface area is 323 Å². The molecule has 8 aromatic rings. The Morgan fingerprint density at radius 2 is 0.891 bits per heavy atom. The molecule has 1 aliphatic heterocycles. The molecule has 0 radical (unpaired) electrons. The highest BCUT2D eigenvalue weighted by Crippen LogP contribution is 2.57. The lowest BCUT2D eigenvalue weighted by Gasteiger charge is -2.36. The van der Waals surface area contributed by atoms with Crippen LogP contribution in [0.2, 0.25) is 0 Å². The number of aliphatic imine (C=N–C) groups is 1. The first kappa shape index (κ1) is 32.8. The quantitative estimate of drug-likeness (QED) is 0.183. The monoisotopic (exact) mass is 704 g/mol. The van der Waals surface area contributed by atoms with Crippen molar-refractivity contribution >= 4 is 11.4 Å². The van der Waals surface area contributed by atoms with Crippen LogP contribution in [0.25, 0.3) is 33.4 Å². The standard InChI is InChI=1S/C53H40N2/c1-35-16-6-12-24-46(35)53(48-25-13-9-21-43(48)44-22-10-14-26-49(44)53)47-33-32-40(34-36(47)2)42-20-8-7-19-41(42)37-28-30-38(31-29-37)51-45-23-11-15-27-50(45)54-52(55-51)39-17-4-3-5-18-39/h3-34,52,54H,1-2H3. The van der Waals surface area contributed by atoms with E-state index in [1.807, 2.05) is 6.07 Å². The van der Waals surface area contributed by atoms with Crippen molar-refractivity contribution < 1.29 is 0 Å². The van der Waals surface area contributed by atoms with Crippen molar-refractivity contribution in [2.75, 3.05) is 5.32 Å². The van der Waals surface area contributed by atoms with Crippen LogP contribution >= 0.6 is 0 Å². The Balaban J connectivity index is 1.06. The molecule has 0 spiro atoms. The fourth-order valence-corrected chi connectivity index (χ4v) is 9.22. The molecule has 1 unspecified atom stereocenters. The smallest absolute Gasteiger partial charge is 0.145 e. The van der Waals surface area contributed by atoms with E-state index in [-0.39, 0.29) is 6.17 Å². The van der Waals surface area contributed by atoms with Gasteiger partial charge in [-0.05, 0) is 92.2 Å². The third-order valence-corrected chi connectivity index (χ3v) is 11.7. The summed E-state index contributed by atoms with van der Waals surface area (Å²) < 4.78 is 0. The van der Waals surface area contributed by atoms with Gasteiger partial charge in [-0.15, -0.1) is 0 Å². The van der Waals surface area contributed by atoms with Crippen molar-refractivity contribution in [3.8, 4) is 33.4 Å². The van der Waals surface area contributed by atoms with Crippen LogP contribution < -0.4 is 5.32 Å². The first-order valence-electron chi connectivity index (χ1n) is 19.2. The molecule has 262 valence electrons. The maximum Gasteiger partial charge on any atom is 0.145 e. The van der Waals surface area contributed by atoms with Gasteiger partial charge in [-0.3, -0.25) is 4.99 Å². The van der Waals surface area contributed by atoms with E-state index in [4.69, 9.17) is 4.99 Å². The summed E-state index contributed by atoms with van der Waals surface area (Å²) in [5.74, 6) is 0. The van der Waals surface area contributed by atoms with Gasteiger partial charge in [0.15, 0.2) is 0 Å². The zero-order valence-electron chi connectivity index (χ0n) is 31.0. The van der Waals surface area contributed by atoms with Gasteiger partial charge in [0.2, 0.25) is 0 Å². The minimum Gasteiger partial charge on any atom is -0.360 e. The van der Waals surface area contributed by atoms with E-state index in [0.29, 0.717) is 0 Å². The van der Waals surface area contributed by atoms with Crippen LogP contribution in [0.3, 0.4) is 0 Å². The lowest BCUT2D eigenvalue weighted by Crippen LogP contribution is -2.30. The average molecular weight is 705 g/mol. The highest BCUT2D eigenvalue weighted by atomic mass is 15.1. The van der Waals surface area contributed by atoms with E-state index >= 15 is 0 Å². The molecule has 1 heterocycles. The predicted octanol–water partition coefficient (Wildman–Crippen LogP) is 13.0. The predicted molar refractivity (Wildman–Crippen MR) is 229 cm³/mol. The first-order valence-corrected chi connectivity index (χ1v) is 19.2. The lowest BCUT2D eigenvalue weighted by atomic mass is 9.65. The summed E-state index contributed by atoms with van der Waals surface area (Å²) in [5, 5.41) is 3.64. The summed E-state index contributed by atoms with van der Waals surface area (Å²) in [6.07, 6.45) is -0.145. The maximum absolute atomic E-state index is 5.25. The van der Waals surface area contributed by atoms with Gasteiger partial charge >= 0.3 is 0 Å². The van der Waals surface area contributed by atoms with Gasteiger partial charge in [-0.2, -0.15) is 0 Å². The minimum absolute atomic E-state index is 0.145. The molecule has 0 saturated carbocycles. The zero-order valence-corrected chi connectivity index (χ0v) is 31.0. The molecule has 2 aliphatic rings. The molecular weight excluding hydrogens is 665 g/mol. The number of anilines is 1. The first-order chi connectivity index (χ1) is 27.1. The van der Waals surface area contributed by atoms with Crippen molar-refractivity contribution in [1.82, 2.24) is 0 Å². The molecule has 2 heteroatoms. The Bertz CT molecular complexity index is 2710. The van der Waals surface area contributed by atoms with Crippen molar-refractivity contribution in [3.05, 3.63) is 244 Å². The fourth-order valence-electron chi connectivity index (χ4n) is 9.22. The number of benzene rings is 8. The number of hydrogen-bond donors (Lipinski definition) is 1. The van der Waals surface area contributed by atoms with E-state index in [1.165, 1.54) is 66.8 Å². The van der Waals surface area contributed by atoms with E-state index < -0.39 is 5.41 Å². The highest BCUT2D eigenvalue weighted by molar-refractivity contribution is 6.17. The van der Waals surface area contributed by atoms with Crippen molar-refractivity contribution in [1.29, 1.82) is 0 Å². The van der Waals surface area contributed by atoms with E-state index in [2.05, 4.69) is 207 Å².